The zero-order valence-corrected chi connectivity index (χ0v) is 18.2. The number of likely N-dealkylation sites (tertiary alicyclic amines) is 1. The summed E-state index contributed by atoms with van der Waals surface area (Å²) in [7, 11) is 0. The van der Waals surface area contributed by atoms with Crippen LogP contribution in [0.5, 0.6) is 0 Å². The van der Waals surface area contributed by atoms with Crippen LogP contribution in [0.1, 0.15) is 70.6 Å². The molecule has 162 valence electrons. The van der Waals surface area contributed by atoms with Crippen molar-refractivity contribution >= 4 is 35.2 Å². The Hall–Kier alpha value is -2.41. The van der Waals surface area contributed by atoms with Gasteiger partial charge in [-0.2, -0.15) is 0 Å². The van der Waals surface area contributed by atoms with Gasteiger partial charge < -0.3 is 10.2 Å². The first-order valence-corrected chi connectivity index (χ1v) is 11.0. The van der Waals surface area contributed by atoms with Gasteiger partial charge in [0.05, 0.1) is 11.1 Å². The highest BCUT2D eigenvalue weighted by Crippen LogP contribution is 2.25. The first kappa shape index (κ1) is 22.3. The molecule has 3 rings (SSSR count). The van der Waals surface area contributed by atoms with Crippen molar-refractivity contribution in [1.82, 2.24) is 15.1 Å². The van der Waals surface area contributed by atoms with Crippen LogP contribution in [-0.2, 0) is 4.79 Å². The number of carbonyl (C=O) groups excluding carboxylic acids is 4. The van der Waals surface area contributed by atoms with E-state index in [0.717, 1.165) is 0 Å². The van der Waals surface area contributed by atoms with Crippen LogP contribution >= 0.6 is 11.6 Å². The monoisotopic (exact) mass is 433 g/mol. The summed E-state index contributed by atoms with van der Waals surface area (Å²) in [6.45, 7) is 5.45. The molecule has 0 aliphatic carbocycles. The predicted molar refractivity (Wildman–Crippen MR) is 114 cm³/mol. The number of nitrogens with one attached hydrogen (secondary N) is 1. The summed E-state index contributed by atoms with van der Waals surface area (Å²) in [5.74, 6) is -0.172. The highest BCUT2D eigenvalue weighted by atomic mass is 35.5. The summed E-state index contributed by atoms with van der Waals surface area (Å²) in [6, 6.07) is 4.62. The Labute approximate surface area is 181 Å². The molecule has 0 saturated carbocycles. The Bertz CT molecular complexity index is 847. The lowest BCUT2D eigenvalue weighted by molar-refractivity contribution is -0.132. The first-order chi connectivity index (χ1) is 14.3. The van der Waals surface area contributed by atoms with Crippen LogP contribution < -0.4 is 5.32 Å². The maximum Gasteiger partial charge on any atom is 0.261 e. The zero-order chi connectivity index (χ0) is 21.8. The van der Waals surface area contributed by atoms with Gasteiger partial charge in [-0.05, 0) is 43.4 Å². The van der Waals surface area contributed by atoms with E-state index in [9.17, 15) is 19.2 Å². The molecule has 0 atom stereocenters. The van der Waals surface area contributed by atoms with Gasteiger partial charge in [0.25, 0.3) is 17.7 Å². The zero-order valence-electron chi connectivity index (χ0n) is 17.4. The minimum absolute atomic E-state index is 0.0300. The highest BCUT2D eigenvalue weighted by molar-refractivity contribution is 6.22. The molecule has 4 amide bonds. The Balaban J connectivity index is 1.59. The van der Waals surface area contributed by atoms with E-state index in [0.29, 0.717) is 62.3 Å². The number of halogens is 1. The second-order valence-electron chi connectivity index (χ2n) is 8.30. The molecular weight excluding hydrogens is 406 g/mol. The number of benzene rings is 1. The molecule has 2 heterocycles. The molecular formula is C22H28ClN3O4. The topological polar surface area (TPSA) is 86.8 Å². The molecule has 7 nitrogen and oxygen atoms in total. The van der Waals surface area contributed by atoms with Crippen molar-refractivity contribution in [2.24, 2.45) is 5.92 Å². The SMILES string of the molecule is CC(C)CN1C(=O)c2ccc(C(=O)NC3CCN(C(=O)CCCCl)CC3)cc2C1=O. The molecule has 0 radical (unpaired) electrons. The van der Waals surface area contributed by atoms with Gasteiger partial charge in [0.2, 0.25) is 5.91 Å². The van der Waals surface area contributed by atoms with E-state index < -0.39 is 0 Å². The number of amides is 4. The van der Waals surface area contributed by atoms with Crippen molar-refractivity contribution in [2.45, 2.75) is 45.6 Å². The van der Waals surface area contributed by atoms with E-state index >= 15 is 0 Å². The molecule has 0 spiro atoms. The summed E-state index contributed by atoms with van der Waals surface area (Å²) in [5.41, 5.74) is 0.996. The van der Waals surface area contributed by atoms with Crippen molar-refractivity contribution in [3.05, 3.63) is 34.9 Å². The number of imide groups is 1. The minimum Gasteiger partial charge on any atom is -0.349 e. The number of carbonyl (C=O) groups is 4. The second-order valence-corrected chi connectivity index (χ2v) is 8.67. The molecule has 2 aliphatic heterocycles. The van der Waals surface area contributed by atoms with E-state index in [1.807, 2.05) is 18.7 Å². The van der Waals surface area contributed by atoms with Crippen molar-refractivity contribution in [1.29, 1.82) is 0 Å². The second kappa shape index (κ2) is 9.60. The fourth-order valence-corrected chi connectivity index (χ4v) is 4.01. The van der Waals surface area contributed by atoms with Crippen molar-refractivity contribution in [3.8, 4) is 0 Å². The number of hydrogen-bond donors (Lipinski definition) is 1. The van der Waals surface area contributed by atoms with Gasteiger partial charge in [0, 0.05) is 43.5 Å². The van der Waals surface area contributed by atoms with Gasteiger partial charge in [-0.15, -0.1) is 11.6 Å². The van der Waals surface area contributed by atoms with Crippen molar-refractivity contribution < 1.29 is 19.2 Å². The van der Waals surface area contributed by atoms with E-state index in [-0.39, 0.29) is 41.2 Å². The molecule has 1 aromatic rings. The quantitative estimate of drug-likeness (QED) is 0.529. The van der Waals surface area contributed by atoms with Gasteiger partial charge in [-0.1, -0.05) is 13.8 Å². The summed E-state index contributed by atoms with van der Waals surface area (Å²) in [5, 5.41) is 2.99. The third-order valence-corrected chi connectivity index (χ3v) is 5.76. The summed E-state index contributed by atoms with van der Waals surface area (Å²) in [6.07, 6.45) is 2.49. The molecule has 8 heteroatoms. The Morgan fingerprint density at radius 2 is 1.80 bits per heavy atom. The standard InChI is InChI=1S/C22H28ClN3O4/c1-14(2)13-26-21(29)17-6-5-15(12-18(17)22(26)30)20(28)24-16-7-10-25(11-8-16)19(27)4-3-9-23/h5-6,12,14,16H,3-4,7-11,13H2,1-2H3,(H,24,28). The lowest BCUT2D eigenvalue weighted by atomic mass is 10.0. The third kappa shape index (κ3) is 4.83. The Morgan fingerprint density at radius 1 is 1.13 bits per heavy atom. The largest absolute Gasteiger partial charge is 0.349 e. The molecule has 1 saturated heterocycles. The number of piperidine rings is 1. The van der Waals surface area contributed by atoms with E-state index in [1.165, 1.54) is 11.0 Å². The smallest absolute Gasteiger partial charge is 0.261 e. The first-order valence-electron chi connectivity index (χ1n) is 10.5. The Kier molecular flexibility index (Phi) is 7.13. The van der Waals surface area contributed by atoms with Gasteiger partial charge in [0.1, 0.15) is 0 Å². The van der Waals surface area contributed by atoms with Gasteiger partial charge >= 0.3 is 0 Å². The van der Waals surface area contributed by atoms with Crippen LogP contribution in [0.25, 0.3) is 0 Å². The minimum atomic E-state index is -0.345. The van der Waals surface area contributed by atoms with E-state index in [4.69, 9.17) is 11.6 Å². The molecule has 1 aromatic carbocycles. The summed E-state index contributed by atoms with van der Waals surface area (Å²) < 4.78 is 0. The lowest BCUT2D eigenvalue weighted by Crippen LogP contribution is -2.46. The average molecular weight is 434 g/mol. The van der Waals surface area contributed by atoms with E-state index in [2.05, 4.69) is 5.32 Å². The summed E-state index contributed by atoms with van der Waals surface area (Å²) in [4.78, 5) is 52.9. The Morgan fingerprint density at radius 3 is 2.43 bits per heavy atom. The average Bonchev–Trinajstić information content (AvgIpc) is 2.96. The number of hydrogen-bond acceptors (Lipinski definition) is 4. The number of fused-ring (bicyclic) bond motifs is 1. The summed E-state index contributed by atoms with van der Waals surface area (Å²) >= 11 is 5.64. The fraction of sp³-hybridized carbons (Fsp3) is 0.545. The predicted octanol–water partition coefficient (Wildman–Crippen LogP) is 2.68. The van der Waals surface area contributed by atoms with Gasteiger partial charge in [0.15, 0.2) is 0 Å². The van der Waals surface area contributed by atoms with Crippen LogP contribution in [0.2, 0.25) is 0 Å². The van der Waals surface area contributed by atoms with Crippen LogP contribution in [-0.4, -0.2) is 65.0 Å². The number of rotatable bonds is 7. The molecule has 0 bridgehead atoms. The number of alkyl halides is 1. The van der Waals surface area contributed by atoms with E-state index in [1.54, 1.807) is 12.1 Å². The van der Waals surface area contributed by atoms with Crippen LogP contribution in [0, 0.1) is 5.92 Å². The van der Waals surface area contributed by atoms with Crippen molar-refractivity contribution in [2.75, 3.05) is 25.5 Å². The van der Waals surface area contributed by atoms with Gasteiger partial charge in [-0.3, -0.25) is 24.1 Å². The molecule has 1 N–H and O–H groups in total. The lowest BCUT2D eigenvalue weighted by Gasteiger charge is -2.32. The van der Waals surface area contributed by atoms with Crippen molar-refractivity contribution in [3.63, 3.8) is 0 Å². The van der Waals surface area contributed by atoms with Gasteiger partial charge in [-0.25, -0.2) is 0 Å². The highest BCUT2D eigenvalue weighted by Gasteiger charge is 2.36. The van der Waals surface area contributed by atoms with Crippen LogP contribution in [0.3, 0.4) is 0 Å². The fourth-order valence-electron chi connectivity index (χ4n) is 3.88. The van der Waals surface area contributed by atoms with Crippen LogP contribution in [0.4, 0.5) is 0 Å². The normalized spacial score (nSPS) is 16.9. The molecule has 2 aliphatic rings. The maximum atomic E-state index is 12.7. The maximum absolute atomic E-state index is 12.7. The molecule has 0 aromatic heterocycles. The number of nitrogens with zero attached hydrogens (tertiary/aromatic N) is 2. The third-order valence-electron chi connectivity index (χ3n) is 5.49. The van der Waals surface area contributed by atoms with Crippen LogP contribution in [0.15, 0.2) is 18.2 Å². The molecule has 30 heavy (non-hydrogen) atoms. The molecule has 0 unspecified atom stereocenters. The molecule has 1 fully saturated rings.